The molecule has 3 rings (SSSR count). The van der Waals surface area contributed by atoms with Crippen LogP contribution in [0.4, 0.5) is 0 Å². The van der Waals surface area contributed by atoms with Gasteiger partial charge < -0.3 is 9.47 Å². The van der Waals surface area contributed by atoms with Crippen molar-refractivity contribution in [3.05, 3.63) is 103 Å². The van der Waals surface area contributed by atoms with Crippen molar-refractivity contribution >= 4 is 25.8 Å². The van der Waals surface area contributed by atoms with Crippen LogP contribution < -0.4 is 9.46 Å². The summed E-state index contributed by atoms with van der Waals surface area (Å²) in [7, 11) is -5.80. The fourth-order valence-electron chi connectivity index (χ4n) is 4.12. The number of ether oxygens (including phenoxy) is 2. The molecule has 38 heavy (non-hydrogen) atoms. The van der Waals surface area contributed by atoms with Crippen LogP contribution in [0.3, 0.4) is 0 Å². The van der Waals surface area contributed by atoms with Crippen LogP contribution >= 0.6 is 0 Å². The minimum absolute atomic E-state index is 0.00572. The maximum Gasteiger partial charge on any atom is 0.325 e. The van der Waals surface area contributed by atoms with Gasteiger partial charge in [-0.2, -0.15) is 0 Å². The van der Waals surface area contributed by atoms with E-state index in [1.165, 1.54) is 37.5 Å². The highest BCUT2D eigenvalue weighted by molar-refractivity contribution is 7.92. The summed E-state index contributed by atoms with van der Waals surface area (Å²) in [4.78, 5) is 12.9. The van der Waals surface area contributed by atoms with Crippen molar-refractivity contribution in [2.45, 2.75) is 34.4 Å². The number of hydrogen-bond acceptors (Lipinski definition) is 7. The predicted octanol–water partition coefficient (Wildman–Crippen LogP) is 3.71. The van der Waals surface area contributed by atoms with Gasteiger partial charge in [0.1, 0.15) is 5.75 Å². The Balaban J connectivity index is 2.12. The van der Waals surface area contributed by atoms with Crippen molar-refractivity contribution in [2.24, 2.45) is 5.92 Å². The Morgan fingerprint density at radius 2 is 1.50 bits per heavy atom. The van der Waals surface area contributed by atoms with Gasteiger partial charge in [-0.25, -0.2) is 21.6 Å². The number of hydrogen-bond donors (Lipinski definition) is 1. The number of carbonyl (C=O) groups is 1. The second-order valence-electron chi connectivity index (χ2n) is 8.71. The summed E-state index contributed by atoms with van der Waals surface area (Å²) in [6, 6.07) is 19.6. The van der Waals surface area contributed by atoms with Gasteiger partial charge in [-0.15, -0.1) is 6.58 Å². The lowest BCUT2D eigenvalue weighted by Gasteiger charge is -2.30. The molecular weight excluding hydrogens is 526 g/mol. The summed E-state index contributed by atoms with van der Waals surface area (Å²) < 4.78 is 67.0. The van der Waals surface area contributed by atoms with Crippen LogP contribution in [0.5, 0.6) is 5.75 Å². The van der Waals surface area contributed by atoms with Crippen LogP contribution in [0.15, 0.2) is 101 Å². The molecule has 8 nitrogen and oxygen atoms in total. The van der Waals surface area contributed by atoms with Gasteiger partial charge in [-0.3, -0.25) is 4.79 Å². The Morgan fingerprint density at radius 3 is 2.03 bits per heavy atom. The second kappa shape index (κ2) is 12.4. The van der Waals surface area contributed by atoms with Crippen molar-refractivity contribution < 1.29 is 31.1 Å². The van der Waals surface area contributed by atoms with E-state index in [2.05, 4.69) is 11.3 Å². The summed E-state index contributed by atoms with van der Waals surface area (Å²) in [5.74, 6) is -1.60. The summed E-state index contributed by atoms with van der Waals surface area (Å²) in [5, 5.41) is -1.75. The maximum absolute atomic E-state index is 13.7. The molecule has 3 aromatic rings. The molecule has 3 aromatic carbocycles. The average Bonchev–Trinajstić information content (AvgIpc) is 2.91. The highest BCUT2D eigenvalue weighted by atomic mass is 32.2. The molecule has 3 atom stereocenters. The molecule has 0 bridgehead atoms. The molecule has 202 valence electrons. The third kappa shape index (κ3) is 6.69. The molecule has 1 unspecified atom stereocenters. The zero-order chi connectivity index (χ0) is 27.9. The van der Waals surface area contributed by atoms with E-state index >= 15 is 0 Å². The van der Waals surface area contributed by atoms with Gasteiger partial charge in [0.15, 0.2) is 15.1 Å². The number of sulfone groups is 1. The average molecular weight is 558 g/mol. The van der Waals surface area contributed by atoms with E-state index in [0.717, 1.165) is 12.7 Å². The molecule has 0 aliphatic rings. The minimum Gasteiger partial charge on any atom is -0.497 e. The molecule has 0 saturated heterocycles. The number of nitrogens with one attached hydrogen (secondary N) is 1. The first kappa shape index (κ1) is 29.1. The number of aryl methyl sites for hydroxylation is 1. The lowest BCUT2D eigenvalue weighted by Crippen LogP contribution is -2.50. The summed E-state index contributed by atoms with van der Waals surface area (Å²) in [6.07, 6.45) is 1.34. The molecule has 0 aromatic heterocycles. The smallest absolute Gasteiger partial charge is 0.325 e. The Morgan fingerprint density at radius 1 is 0.895 bits per heavy atom. The molecule has 1 N–H and O–H groups in total. The van der Waals surface area contributed by atoms with Crippen LogP contribution in [-0.2, 0) is 35.8 Å². The lowest BCUT2D eigenvalue weighted by molar-refractivity contribution is -0.141. The van der Waals surface area contributed by atoms with Crippen molar-refractivity contribution in [1.29, 1.82) is 0 Å². The van der Waals surface area contributed by atoms with Crippen LogP contribution in [-0.4, -0.2) is 48.3 Å². The van der Waals surface area contributed by atoms with E-state index in [4.69, 9.17) is 9.47 Å². The first-order chi connectivity index (χ1) is 18.0. The Hall–Kier alpha value is -3.47. The van der Waals surface area contributed by atoms with Gasteiger partial charge in [0.05, 0.1) is 24.0 Å². The number of benzene rings is 3. The van der Waals surface area contributed by atoms with Gasteiger partial charge in [0.2, 0.25) is 10.0 Å². The highest BCUT2D eigenvalue weighted by Crippen LogP contribution is 2.29. The van der Waals surface area contributed by atoms with Gasteiger partial charge in [0, 0.05) is 12.0 Å². The topological polar surface area (TPSA) is 116 Å². The zero-order valence-electron chi connectivity index (χ0n) is 21.4. The summed E-state index contributed by atoms with van der Waals surface area (Å²) in [5.41, 5.74) is 1.57. The van der Waals surface area contributed by atoms with Crippen molar-refractivity contribution in [2.75, 3.05) is 14.2 Å². The number of methoxy groups -OCH3 is 2. The third-order valence-electron chi connectivity index (χ3n) is 6.18. The van der Waals surface area contributed by atoms with E-state index in [0.29, 0.717) is 11.3 Å². The van der Waals surface area contributed by atoms with E-state index in [-0.39, 0.29) is 16.2 Å². The fraction of sp³-hybridized carbons (Fsp3) is 0.250. The quantitative estimate of drug-likeness (QED) is 0.267. The van der Waals surface area contributed by atoms with E-state index in [9.17, 15) is 21.6 Å². The van der Waals surface area contributed by atoms with Gasteiger partial charge in [-0.05, 0) is 55.3 Å². The number of esters is 1. The second-order valence-corrected chi connectivity index (χ2v) is 12.5. The lowest BCUT2D eigenvalue weighted by atomic mass is 9.91. The minimum atomic E-state index is -4.30. The molecule has 0 heterocycles. The number of sulfonamides is 1. The van der Waals surface area contributed by atoms with E-state index in [1.54, 1.807) is 54.6 Å². The van der Waals surface area contributed by atoms with E-state index in [1.807, 2.05) is 6.92 Å². The predicted molar refractivity (Wildman–Crippen MR) is 145 cm³/mol. The van der Waals surface area contributed by atoms with Crippen LogP contribution in [0.2, 0.25) is 0 Å². The maximum atomic E-state index is 13.7. The molecule has 0 amide bonds. The van der Waals surface area contributed by atoms with Crippen molar-refractivity contribution in [3.63, 3.8) is 0 Å². The Kier molecular flexibility index (Phi) is 9.48. The zero-order valence-corrected chi connectivity index (χ0v) is 23.0. The fourth-order valence-corrected chi connectivity index (χ4v) is 7.28. The van der Waals surface area contributed by atoms with Gasteiger partial charge >= 0.3 is 5.97 Å². The monoisotopic (exact) mass is 557 g/mol. The van der Waals surface area contributed by atoms with E-state index < -0.39 is 43.0 Å². The third-order valence-corrected chi connectivity index (χ3v) is 9.79. The summed E-state index contributed by atoms with van der Waals surface area (Å²) in [6.45, 7) is 5.62. The highest BCUT2D eigenvalue weighted by Gasteiger charge is 2.44. The normalized spacial score (nSPS) is 14.2. The van der Waals surface area contributed by atoms with Crippen LogP contribution in [0.25, 0.3) is 0 Å². The molecule has 0 spiro atoms. The standard InChI is InChI=1S/C28H31NO7S2/c1-5-25(27(28(30)36-4)37(31,32)23-9-7-6-8-10-23)26(19-21-13-15-22(35-3)16-14-21)29-38(33,34)24-17-11-20(2)12-18-24/h5-18,25-27,29H,1,19H2,2-4H3/t25-,26+,27?/m0/s1. The van der Waals surface area contributed by atoms with Crippen molar-refractivity contribution in [3.8, 4) is 5.75 Å². The molecular formula is C28H31NO7S2. The Bertz CT molecular complexity index is 1450. The first-order valence-electron chi connectivity index (χ1n) is 11.7. The number of carbonyl (C=O) groups excluding carboxylic acids is 1. The Labute approximate surface area is 224 Å². The SMILES string of the molecule is C=C[C@H](C(C(=O)OC)S(=O)(=O)c1ccccc1)[C@@H](Cc1ccc(OC)cc1)NS(=O)(=O)c1ccc(C)cc1. The molecule has 0 radical (unpaired) electrons. The summed E-state index contributed by atoms with van der Waals surface area (Å²) >= 11 is 0. The first-order valence-corrected chi connectivity index (χ1v) is 14.8. The van der Waals surface area contributed by atoms with Gasteiger partial charge in [0.25, 0.3) is 0 Å². The van der Waals surface area contributed by atoms with Crippen LogP contribution in [0.1, 0.15) is 11.1 Å². The molecule has 0 saturated carbocycles. The molecule has 0 aliphatic carbocycles. The molecule has 10 heteroatoms. The molecule has 0 aliphatic heterocycles. The van der Waals surface area contributed by atoms with Gasteiger partial charge in [-0.1, -0.05) is 54.1 Å². The van der Waals surface area contributed by atoms with Crippen LogP contribution in [0, 0.1) is 12.8 Å². The number of rotatable bonds is 12. The van der Waals surface area contributed by atoms with Crippen molar-refractivity contribution in [1.82, 2.24) is 4.72 Å². The largest absolute Gasteiger partial charge is 0.497 e. The molecule has 0 fully saturated rings.